The van der Waals surface area contributed by atoms with Gasteiger partial charge in [0, 0.05) is 39.6 Å². The number of aliphatic imine (C=N–C) groups is 1. The molecule has 2 aromatic rings. The summed E-state index contributed by atoms with van der Waals surface area (Å²) in [6, 6.07) is 7.32. The van der Waals surface area contributed by atoms with Gasteiger partial charge < -0.3 is 24.3 Å². The minimum atomic E-state index is -0.434. The van der Waals surface area contributed by atoms with Crippen molar-refractivity contribution in [2.75, 3.05) is 28.3 Å². The van der Waals surface area contributed by atoms with E-state index >= 15 is 0 Å². The highest BCUT2D eigenvalue weighted by Gasteiger charge is 2.14. The molecule has 0 aliphatic carbocycles. The van der Waals surface area contributed by atoms with Gasteiger partial charge in [-0.25, -0.2) is 4.79 Å². The van der Waals surface area contributed by atoms with E-state index in [9.17, 15) is 4.79 Å². The van der Waals surface area contributed by atoms with Crippen LogP contribution >= 0.6 is 35.6 Å². The quantitative estimate of drug-likeness (QED) is 0.274. The maximum atomic E-state index is 11.9. The number of esters is 1. The topological polar surface area (TPSA) is 68.1 Å². The normalized spacial score (nSPS) is 10.9. The number of aromatic nitrogens is 1. The third-order valence-electron chi connectivity index (χ3n) is 4.17. The third kappa shape index (κ3) is 6.03. The second-order valence-corrected chi connectivity index (χ2v) is 6.48. The van der Waals surface area contributed by atoms with E-state index in [1.54, 1.807) is 19.2 Å². The van der Waals surface area contributed by atoms with Gasteiger partial charge in [0.25, 0.3) is 0 Å². The number of aryl methyl sites for hydroxylation is 1. The Kier molecular flexibility index (Phi) is 9.60. The van der Waals surface area contributed by atoms with E-state index in [0.717, 1.165) is 17.2 Å². The molecule has 0 bridgehead atoms. The molecule has 0 saturated heterocycles. The summed E-state index contributed by atoms with van der Waals surface area (Å²) in [6.07, 6.45) is 1.87. The van der Waals surface area contributed by atoms with Crippen LogP contribution in [0.5, 0.6) is 5.75 Å². The van der Waals surface area contributed by atoms with Gasteiger partial charge in [0.1, 0.15) is 11.3 Å². The zero-order valence-corrected chi connectivity index (χ0v) is 19.7. The first-order chi connectivity index (χ1) is 12.9. The van der Waals surface area contributed by atoms with Gasteiger partial charge in [-0.2, -0.15) is 0 Å². The fraction of sp³-hybridized carbons (Fsp3) is 0.368. The van der Waals surface area contributed by atoms with Gasteiger partial charge in [0.2, 0.25) is 0 Å². The molecule has 0 aliphatic heterocycles. The first kappa shape index (κ1) is 24.1. The van der Waals surface area contributed by atoms with E-state index in [1.165, 1.54) is 14.2 Å². The molecule has 0 saturated carbocycles. The number of nitrogens with zero attached hydrogens (tertiary/aromatic N) is 3. The van der Waals surface area contributed by atoms with E-state index in [2.05, 4.69) is 10.3 Å². The number of hydrogen-bond donors (Lipinski definition) is 1. The molecule has 1 aromatic heterocycles. The molecular formula is C19H26ClIN4O3. The smallest absolute Gasteiger partial charge is 0.341 e. The lowest BCUT2D eigenvalue weighted by Gasteiger charge is -2.22. The molecule has 0 spiro atoms. The van der Waals surface area contributed by atoms with E-state index in [0.29, 0.717) is 29.4 Å². The average Bonchev–Trinajstić information content (AvgIpc) is 2.98. The van der Waals surface area contributed by atoms with Crippen molar-refractivity contribution in [2.24, 2.45) is 12.0 Å². The number of guanidine groups is 1. The predicted molar refractivity (Wildman–Crippen MR) is 122 cm³/mol. The van der Waals surface area contributed by atoms with Crippen molar-refractivity contribution < 1.29 is 14.3 Å². The fourth-order valence-corrected chi connectivity index (χ4v) is 3.01. The molecule has 1 heterocycles. The van der Waals surface area contributed by atoms with Crippen LogP contribution in [0, 0.1) is 0 Å². The zero-order chi connectivity index (χ0) is 20.0. The van der Waals surface area contributed by atoms with E-state index in [-0.39, 0.29) is 24.0 Å². The number of methoxy groups -OCH3 is 2. The van der Waals surface area contributed by atoms with Crippen molar-refractivity contribution in [3.05, 3.63) is 52.3 Å². The van der Waals surface area contributed by atoms with Crippen molar-refractivity contribution >= 4 is 47.5 Å². The molecular weight excluding hydrogens is 495 g/mol. The van der Waals surface area contributed by atoms with Gasteiger partial charge in [-0.3, -0.25) is 4.99 Å². The maximum absolute atomic E-state index is 11.9. The number of carbonyl (C=O) groups excluding carboxylic acids is 1. The van der Waals surface area contributed by atoms with Gasteiger partial charge in [0.15, 0.2) is 5.96 Å². The molecule has 154 valence electrons. The van der Waals surface area contributed by atoms with Crippen LogP contribution in [0.25, 0.3) is 0 Å². The average molecular weight is 521 g/mol. The fourth-order valence-electron chi connectivity index (χ4n) is 2.74. The van der Waals surface area contributed by atoms with Crippen molar-refractivity contribution in [2.45, 2.75) is 13.1 Å². The van der Waals surface area contributed by atoms with Crippen LogP contribution < -0.4 is 10.1 Å². The monoisotopic (exact) mass is 520 g/mol. The minimum absolute atomic E-state index is 0. The summed E-state index contributed by atoms with van der Waals surface area (Å²) in [4.78, 5) is 18.2. The maximum Gasteiger partial charge on any atom is 0.341 e. The van der Waals surface area contributed by atoms with Gasteiger partial charge >= 0.3 is 5.97 Å². The first-order valence-corrected chi connectivity index (χ1v) is 8.75. The number of hydrogen-bond acceptors (Lipinski definition) is 4. The van der Waals surface area contributed by atoms with Gasteiger partial charge in [-0.1, -0.05) is 17.7 Å². The molecule has 0 amide bonds. The number of halogens is 2. The van der Waals surface area contributed by atoms with Crippen molar-refractivity contribution in [1.82, 2.24) is 14.8 Å². The number of rotatable bonds is 6. The van der Waals surface area contributed by atoms with Crippen LogP contribution in [-0.4, -0.2) is 49.7 Å². The Balaban J connectivity index is 0.00000392. The molecule has 28 heavy (non-hydrogen) atoms. The standard InChI is InChI=1S/C19H25ClN4O3.HI/c1-21-19(24(3)12-15-9-14(20)11-23(15)2)22-10-13-6-7-17(26-4)16(8-13)18(25)27-5;/h6-9,11H,10,12H2,1-5H3,(H,21,22);1H. The summed E-state index contributed by atoms with van der Waals surface area (Å²) < 4.78 is 12.0. The summed E-state index contributed by atoms with van der Waals surface area (Å²) in [7, 11) is 8.50. The molecule has 9 heteroatoms. The second kappa shape index (κ2) is 11.2. The summed E-state index contributed by atoms with van der Waals surface area (Å²) in [5.74, 6) is 0.770. The van der Waals surface area contributed by atoms with E-state index in [4.69, 9.17) is 21.1 Å². The Morgan fingerprint density at radius 3 is 2.57 bits per heavy atom. The SMILES string of the molecule is CN=C(NCc1ccc(OC)c(C(=O)OC)c1)N(C)Cc1cc(Cl)cn1C.I. The summed E-state index contributed by atoms with van der Waals surface area (Å²) in [5, 5.41) is 4.00. The molecule has 0 radical (unpaired) electrons. The summed E-state index contributed by atoms with van der Waals surface area (Å²) >= 11 is 6.05. The lowest BCUT2D eigenvalue weighted by atomic mass is 10.1. The molecule has 0 atom stereocenters. The number of ether oxygens (including phenoxy) is 2. The lowest BCUT2D eigenvalue weighted by molar-refractivity contribution is 0.0597. The Morgan fingerprint density at radius 1 is 1.32 bits per heavy atom. The summed E-state index contributed by atoms with van der Waals surface area (Å²) in [6.45, 7) is 1.15. The Morgan fingerprint density at radius 2 is 2.04 bits per heavy atom. The van der Waals surface area contributed by atoms with Crippen LogP contribution in [0.1, 0.15) is 21.6 Å². The molecule has 1 N–H and O–H groups in total. The summed E-state index contributed by atoms with van der Waals surface area (Å²) in [5.41, 5.74) is 2.37. The second-order valence-electron chi connectivity index (χ2n) is 6.04. The third-order valence-corrected chi connectivity index (χ3v) is 4.37. The molecule has 7 nitrogen and oxygen atoms in total. The van der Waals surface area contributed by atoms with Crippen molar-refractivity contribution in [3.63, 3.8) is 0 Å². The van der Waals surface area contributed by atoms with Gasteiger partial charge in [0.05, 0.1) is 25.8 Å². The van der Waals surface area contributed by atoms with Crippen LogP contribution in [0.15, 0.2) is 35.5 Å². The zero-order valence-electron chi connectivity index (χ0n) is 16.7. The predicted octanol–water partition coefficient (Wildman–Crippen LogP) is 3.30. The highest BCUT2D eigenvalue weighted by molar-refractivity contribution is 14.0. The Labute approximate surface area is 187 Å². The number of nitrogens with one attached hydrogen (secondary N) is 1. The van der Waals surface area contributed by atoms with Gasteiger partial charge in [-0.15, -0.1) is 24.0 Å². The number of benzene rings is 1. The van der Waals surface area contributed by atoms with Crippen molar-refractivity contribution in [3.8, 4) is 5.75 Å². The first-order valence-electron chi connectivity index (χ1n) is 8.37. The van der Waals surface area contributed by atoms with Gasteiger partial charge in [-0.05, 0) is 23.8 Å². The Hall–Kier alpha value is -1.94. The lowest BCUT2D eigenvalue weighted by Crippen LogP contribution is -2.38. The molecule has 1 aromatic carbocycles. The Bertz CT molecular complexity index is 839. The molecule has 2 rings (SSSR count). The highest BCUT2D eigenvalue weighted by Crippen LogP contribution is 2.21. The number of carbonyl (C=O) groups is 1. The highest BCUT2D eigenvalue weighted by atomic mass is 127. The van der Waals surface area contributed by atoms with Crippen molar-refractivity contribution in [1.29, 1.82) is 0 Å². The largest absolute Gasteiger partial charge is 0.496 e. The molecule has 0 fully saturated rings. The minimum Gasteiger partial charge on any atom is -0.496 e. The van der Waals surface area contributed by atoms with E-state index in [1.807, 2.05) is 41.9 Å². The molecule has 0 unspecified atom stereocenters. The van der Waals surface area contributed by atoms with Crippen LogP contribution in [0.2, 0.25) is 5.02 Å². The van der Waals surface area contributed by atoms with Crippen LogP contribution in [-0.2, 0) is 24.9 Å². The van der Waals surface area contributed by atoms with Crippen LogP contribution in [0.4, 0.5) is 0 Å². The van der Waals surface area contributed by atoms with Crippen LogP contribution in [0.3, 0.4) is 0 Å². The van der Waals surface area contributed by atoms with E-state index < -0.39 is 5.97 Å². The molecule has 0 aliphatic rings.